The summed E-state index contributed by atoms with van der Waals surface area (Å²) >= 11 is 0. The molecule has 0 bridgehead atoms. The van der Waals surface area contributed by atoms with Gasteiger partial charge in [-0.05, 0) is 48.5 Å². The topological polar surface area (TPSA) is 143 Å². The Morgan fingerprint density at radius 3 is 2.08 bits per heavy atom. The minimum absolute atomic E-state index is 0.0874. The van der Waals surface area contributed by atoms with E-state index in [4.69, 9.17) is 14.7 Å². The molecule has 0 fully saturated rings. The van der Waals surface area contributed by atoms with Gasteiger partial charge in [0.15, 0.2) is 6.10 Å². The minimum Gasteiger partial charge on any atom is -0.457 e. The predicted molar refractivity (Wildman–Crippen MR) is 134 cm³/mol. The van der Waals surface area contributed by atoms with E-state index in [9.17, 15) is 25.0 Å². The second kappa shape index (κ2) is 11.3. The zero-order chi connectivity index (χ0) is 27.1. The molecule has 4 aromatic carbocycles. The molecular weight excluding hydrogens is 486 g/mol. The first kappa shape index (κ1) is 25.3. The monoisotopic (exact) mass is 503 g/mol. The molecule has 38 heavy (non-hydrogen) atoms. The summed E-state index contributed by atoms with van der Waals surface area (Å²) in [7, 11) is 0. The molecule has 0 radical (unpaired) electrons. The number of ketones is 1. The molecule has 0 aliphatic heterocycles. The van der Waals surface area contributed by atoms with Crippen LogP contribution in [0.2, 0.25) is 0 Å². The highest BCUT2D eigenvalue weighted by Gasteiger charge is 2.27. The lowest BCUT2D eigenvalue weighted by molar-refractivity contribution is -0.384. The average Bonchev–Trinajstić information content (AvgIpc) is 2.96. The van der Waals surface area contributed by atoms with Crippen molar-refractivity contribution in [1.82, 2.24) is 0 Å². The van der Waals surface area contributed by atoms with Crippen molar-refractivity contribution in [2.75, 3.05) is 0 Å². The number of nitro groups is 1. The summed E-state index contributed by atoms with van der Waals surface area (Å²) in [6.07, 6.45) is -1.35. The fraction of sp³-hybridized carbons (Fsp3) is 0.0345. The third-order valence-electron chi connectivity index (χ3n) is 5.47. The molecule has 184 valence electrons. The van der Waals surface area contributed by atoms with Crippen LogP contribution in [-0.2, 0) is 4.74 Å². The smallest absolute Gasteiger partial charge is 0.339 e. The number of carbonyl (C=O) groups is 2. The molecule has 0 saturated heterocycles. The largest absolute Gasteiger partial charge is 0.457 e. The van der Waals surface area contributed by atoms with Crippen LogP contribution in [0.1, 0.15) is 43.5 Å². The molecule has 0 N–H and O–H groups in total. The van der Waals surface area contributed by atoms with Crippen LogP contribution in [0.25, 0.3) is 0 Å². The van der Waals surface area contributed by atoms with Crippen LogP contribution < -0.4 is 4.74 Å². The molecule has 1 atom stereocenters. The van der Waals surface area contributed by atoms with Gasteiger partial charge in [0.05, 0.1) is 21.6 Å². The zero-order valence-electron chi connectivity index (χ0n) is 19.6. The van der Waals surface area contributed by atoms with Crippen molar-refractivity contribution in [2.24, 2.45) is 0 Å². The maximum Gasteiger partial charge on any atom is 0.339 e. The van der Waals surface area contributed by atoms with Gasteiger partial charge in [-0.15, -0.1) is 0 Å². The van der Waals surface area contributed by atoms with E-state index in [-0.39, 0.29) is 39.4 Å². The quantitative estimate of drug-likeness (QED) is 0.125. The minimum atomic E-state index is -1.35. The van der Waals surface area contributed by atoms with Gasteiger partial charge in [0, 0.05) is 23.3 Å². The van der Waals surface area contributed by atoms with Gasteiger partial charge in [-0.1, -0.05) is 36.4 Å². The fourth-order valence-corrected chi connectivity index (χ4v) is 3.57. The Hall–Kier alpha value is -5.80. The van der Waals surface area contributed by atoms with Gasteiger partial charge >= 0.3 is 5.97 Å². The molecule has 9 heteroatoms. The molecule has 0 spiro atoms. The molecule has 0 amide bonds. The van der Waals surface area contributed by atoms with E-state index >= 15 is 0 Å². The molecule has 4 rings (SSSR count). The summed E-state index contributed by atoms with van der Waals surface area (Å²) in [5.74, 6) is -0.772. The number of carbonyl (C=O) groups excluding carboxylic acids is 2. The van der Waals surface area contributed by atoms with Crippen LogP contribution in [0, 0.1) is 32.8 Å². The van der Waals surface area contributed by atoms with E-state index in [0.29, 0.717) is 5.56 Å². The fourth-order valence-electron chi connectivity index (χ4n) is 3.57. The van der Waals surface area contributed by atoms with Crippen molar-refractivity contribution >= 4 is 17.4 Å². The number of Topliss-reactive ketones (excluding diaryl/α,β-unsaturated/α-hetero) is 1. The van der Waals surface area contributed by atoms with Crippen molar-refractivity contribution in [3.8, 4) is 23.6 Å². The number of hydrogen-bond donors (Lipinski definition) is 0. The van der Waals surface area contributed by atoms with E-state index in [2.05, 4.69) is 0 Å². The van der Waals surface area contributed by atoms with E-state index in [1.807, 2.05) is 12.1 Å². The zero-order valence-corrected chi connectivity index (χ0v) is 19.6. The first-order valence-electron chi connectivity index (χ1n) is 11.2. The van der Waals surface area contributed by atoms with Crippen LogP contribution in [0.15, 0.2) is 97.1 Å². The first-order valence-corrected chi connectivity index (χ1v) is 11.2. The van der Waals surface area contributed by atoms with E-state index in [0.717, 1.165) is 0 Å². The van der Waals surface area contributed by atoms with Crippen LogP contribution in [0.4, 0.5) is 5.69 Å². The number of rotatable bonds is 8. The lowest BCUT2D eigenvalue weighted by Gasteiger charge is -2.18. The van der Waals surface area contributed by atoms with Gasteiger partial charge in [-0.3, -0.25) is 14.9 Å². The summed E-state index contributed by atoms with van der Waals surface area (Å²) < 4.78 is 11.4. The van der Waals surface area contributed by atoms with Gasteiger partial charge in [0.25, 0.3) is 5.69 Å². The average molecular weight is 503 g/mol. The maximum absolute atomic E-state index is 13.3. The number of nitrogens with zero attached hydrogens (tertiary/aromatic N) is 3. The number of esters is 1. The number of non-ortho nitro benzene ring substituents is 1. The second-order valence-corrected chi connectivity index (χ2v) is 7.93. The maximum atomic E-state index is 13.3. The van der Waals surface area contributed by atoms with E-state index in [1.165, 1.54) is 54.6 Å². The number of nitriles is 2. The highest BCUT2D eigenvalue weighted by atomic mass is 16.6. The lowest BCUT2D eigenvalue weighted by Crippen LogP contribution is -2.20. The van der Waals surface area contributed by atoms with E-state index < -0.39 is 22.8 Å². The number of ether oxygens (including phenoxy) is 2. The Morgan fingerprint density at radius 2 is 1.42 bits per heavy atom. The third-order valence-corrected chi connectivity index (χ3v) is 5.47. The molecule has 9 nitrogen and oxygen atoms in total. The number of benzene rings is 4. The summed E-state index contributed by atoms with van der Waals surface area (Å²) in [5, 5.41) is 29.4. The molecule has 0 aliphatic rings. The summed E-state index contributed by atoms with van der Waals surface area (Å²) in [6.45, 7) is 0. The molecule has 0 aliphatic carbocycles. The standard InChI is InChI=1S/C29H17N3O6/c30-17-22-11-14-26(16-23(22)18-31)37-25-8-4-7-21(15-25)29(34)38-28(27(33)19-5-2-1-3-6-19)20-9-12-24(13-10-20)32(35)36/h1-16,28H/t28-/m0/s1. The lowest BCUT2D eigenvalue weighted by atomic mass is 9.99. The summed E-state index contributed by atoms with van der Waals surface area (Å²) in [6, 6.07) is 27.7. The molecular formula is C29H17N3O6. The number of hydrogen-bond acceptors (Lipinski definition) is 8. The highest BCUT2D eigenvalue weighted by Crippen LogP contribution is 2.28. The molecule has 0 unspecified atom stereocenters. The van der Waals surface area contributed by atoms with Gasteiger partial charge in [0.2, 0.25) is 5.78 Å². The SMILES string of the molecule is N#Cc1ccc(Oc2cccc(C(=O)O[C@H](C(=O)c3ccccc3)c3ccc([N+](=O)[O-])cc3)c2)cc1C#N. The molecule has 4 aromatic rings. The number of nitro benzene ring substituents is 1. The summed E-state index contributed by atoms with van der Waals surface area (Å²) in [5.41, 5.74) is 0.841. The normalized spacial score (nSPS) is 10.9. The summed E-state index contributed by atoms with van der Waals surface area (Å²) in [4.78, 5) is 36.9. The van der Waals surface area contributed by atoms with E-state index in [1.54, 1.807) is 42.5 Å². The Bertz CT molecular complexity index is 1600. The Balaban J connectivity index is 1.60. The second-order valence-electron chi connectivity index (χ2n) is 7.93. The van der Waals surface area contributed by atoms with Crippen molar-refractivity contribution < 1.29 is 24.0 Å². The van der Waals surface area contributed by atoms with Crippen molar-refractivity contribution in [3.63, 3.8) is 0 Å². The first-order chi connectivity index (χ1) is 18.4. The Labute approximate surface area is 216 Å². The molecule has 0 heterocycles. The van der Waals surface area contributed by atoms with Crippen molar-refractivity contribution in [3.05, 3.63) is 135 Å². The van der Waals surface area contributed by atoms with Crippen molar-refractivity contribution in [2.45, 2.75) is 6.10 Å². The van der Waals surface area contributed by atoms with Gasteiger partial charge in [0.1, 0.15) is 23.6 Å². The Kier molecular flexibility index (Phi) is 7.52. The van der Waals surface area contributed by atoms with Crippen LogP contribution in [0.3, 0.4) is 0 Å². The molecule has 0 aromatic heterocycles. The van der Waals surface area contributed by atoms with Crippen LogP contribution in [0.5, 0.6) is 11.5 Å². The third kappa shape index (κ3) is 5.70. The molecule has 0 saturated carbocycles. The van der Waals surface area contributed by atoms with Gasteiger partial charge < -0.3 is 9.47 Å². The van der Waals surface area contributed by atoms with Gasteiger partial charge in [-0.2, -0.15) is 10.5 Å². The van der Waals surface area contributed by atoms with Crippen LogP contribution >= 0.6 is 0 Å². The van der Waals surface area contributed by atoms with Crippen molar-refractivity contribution in [1.29, 1.82) is 10.5 Å². The Morgan fingerprint density at radius 1 is 0.763 bits per heavy atom. The van der Waals surface area contributed by atoms with Crippen LogP contribution in [-0.4, -0.2) is 16.7 Å². The van der Waals surface area contributed by atoms with Gasteiger partial charge in [-0.25, -0.2) is 4.79 Å². The highest BCUT2D eigenvalue weighted by molar-refractivity contribution is 6.02. The predicted octanol–water partition coefficient (Wildman–Crippen LogP) is 5.91.